The Morgan fingerprint density at radius 2 is 1.97 bits per heavy atom. The third-order valence-electron chi connectivity index (χ3n) is 4.43. The van der Waals surface area contributed by atoms with Crippen molar-refractivity contribution in [2.75, 3.05) is 0 Å². The molecule has 0 spiro atoms. The van der Waals surface area contributed by atoms with Crippen molar-refractivity contribution < 1.29 is 14.4 Å². The lowest BCUT2D eigenvalue weighted by molar-refractivity contribution is -0.398. The second-order valence-electron chi connectivity index (χ2n) is 6.30. The number of hydrogen-bond donors (Lipinski definition) is 0. The topological polar surface area (TPSA) is 105 Å². The number of halogens is 1. The predicted octanol–water partition coefficient (Wildman–Crippen LogP) is 5.19. The Morgan fingerprint density at radius 1 is 1.17 bits per heavy atom. The van der Waals surface area contributed by atoms with Gasteiger partial charge in [-0.25, -0.2) is 4.98 Å². The average Bonchev–Trinajstić information content (AvgIpc) is 3.13. The van der Waals surface area contributed by atoms with Gasteiger partial charge in [-0.05, 0) is 54.1 Å². The van der Waals surface area contributed by atoms with E-state index < -0.39 is 16.4 Å². The number of aromatic nitrogens is 1. The van der Waals surface area contributed by atoms with Crippen LogP contribution in [0.2, 0.25) is 5.02 Å². The minimum atomic E-state index is -0.759. The van der Waals surface area contributed by atoms with Crippen LogP contribution in [-0.2, 0) is 0 Å². The van der Waals surface area contributed by atoms with Crippen LogP contribution >= 0.6 is 11.6 Å². The highest BCUT2D eigenvalue weighted by molar-refractivity contribution is 6.31. The molecule has 0 aliphatic carbocycles. The first kappa shape index (κ1) is 18.6. The van der Waals surface area contributed by atoms with Crippen molar-refractivity contribution in [2.45, 2.75) is 6.92 Å². The summed E-state index contributed by atoms with van der Waals surface area (Å²) < 4.78 is 5.82. The molecule has 0 saturated heterocycles. The number of nitro groups is 1. The van der Waals surface area contributed by atoms with Crippen molar-refractivity contribution >= 4 is 40.3 Å². The molecule has 0 radical (unpaired) electrons. The number of para-hydroxylation sites is 2. The van der Waals surface area contributed by atoms with Crippen LogP contribution in [0.3, 0.4) is 0 Å². The van der Waals surface area contributed by atoms with E-state index in [1.165, 1.54) is 12.3 Å². The Labute approximate surface area is 170 Å². The van der Waals surface area contributed by atoms with Crippen molar-refractivity contribution in [3.05, 3.63) is 80.9 Å². The zero-order valence-electron chi connectivity index (χ0n) is 15.1. The van der Waals surface area contributed by atoms with Gasteiger partial charge in [0.15, 0.2) is 5.58 Å². The van der Waals surface area contributed by atoms with Gasteiger partial charge in [-0.15, -0.1) is 0 Å². The Bertz CT molecular complexity index is 1250. The molecule has 4 aromatic rings. The monoisotopic (exact) mass is 406 g/mol. The summed E-state index contributed by atoms with van der Waals surface area (Å²) in [6.45, 7) is 1.86. The maximum Gasteiger partial charge on any atom is 0.263 e. The molecule has 0 unspecified atom stereocenters. The van der Waals surface area contributed by atoms with E-state index in [0.29, 0.717) is 17.2 Å². The molecule has 0 saturated carbocycles. The highest BCUT2D eigenvalue weighted by Gasteiger charge is 2.13. The summed E-state index contributed by atoms with van der Waals surface area (Å²) in [5.74, 6) is -0.278. The Kier molecular flexibility index (Phi) is 4.74. The molecule has 0 bridgehead atoms. The first-order valence-corrected chi connectivity index (χ1v) is 8.96. The van der Waals surface area contributed by atoms with Crippen LogP contribution in [0, 0.1) is 17.0 Å². The number of rotatable bonds is 4. The van der Waals surface area contributed by atoms with Gasteiger partial charge in [0.2, 0.25) is 5.89 Å². The fourth-order valence-corrected chi connectivity index (χ4v) is 3.17. The molecule has 0 aliphatic rings. The van der Waals surface area contributed by atoms with E-state index in [1.54, 1.807) is 12.1 Å². The standard InChI is InChI=1S/C21H14ClN3O4/c1-12-15(21-24-17-6-2-3-8-19(17)29-21)5-4-7-16(12)23-11-13-9-14(22)10-18(20(13)26)25(27)28/h2-11,26H,1H3/p-1. The summed E-state index contributed by atoms with van der Waals surface area (Å²) in [5, 5.41) is 23.3. The van der Waals surface area contributed by atoms with Gasteiger partial charge >= 0.3 is 0 Å². The first-order chi connectivity index (χ1) is 13.9. The minimum absolute atomic E-state index is 0.0378. The molecular formula is C21H13ClN3O4-. The molecule has 144 valence electrons. The lowest BCUT2D eigenvalue weighted by Gasteiger charge is -2.11. The summed E-state index contributed by atoms with van der Waals surface area (Å²) >= 11 is 5.90. The second kappa shape index (κ2) is 7.37. The van der Waals surface area contributed by atoms with Crippen LogP contribution < -0.4 is 5.11 Å². The average molecular weight is 407 g/mol. The summed E-state index contributed by atoms with van der Waals surface area (Å²) in [6, 6.07) is 15.3. The number of fused-ring (bicyclic) bond motifs is 1. The molecule has 1 heterocycles. The van der Waals surface area contributed by atoms with Crippen molar-refractivity contribution in [3.63, 3.8) is 0 Å². The quantitative estimate of drug-likeness (QED) is 0.263. The third kappa shape index (κ3) is 3.55. The molecule has 7 nitrogen and oxygen atoms in total. The predicted molar refractivity (Wildman–Crippen MR) is 109 cm³/mol. The van der Waals surface area contributed by atoms with Gasteiger partial charge in [0.05, 0.1) is 10.6 Å². The van der Waals surface area contributed by atoms with Gasteiger partial charge < -0.3 is 9.52 Å². The van der Waals surface area contributed by atoms with Gasteiger partial charge in [0, 0.05) is 22.9 Å². The van der Waals surface area contributed by atoms with Crippen LogP contribution in [0.1, 0.15) is 11.1 Å². The summed E-state index contributed by atoms with van der Waals surface area (Å²) in [4.78, 5) is 19.1. The Hall–Kier alpha value is -3.71. The highest BCUT2D eigenvalue weighted by atomic mass is 35.5. The van der Waals surface area contributed by atoms with Crippen molar-refractivity contribution in [1.82, 2.24) is 4.98 Å². The highest BCUT2D eigenvalue weighted by Crippen LogP contribution is 2.33. The normalized spacial score (nSPS) is 11.4. The van der Waals surface area contributed by atoms with Crippen LogP contribution in [0.5, 0.6) is 5.75 Å². The smallest absolute Gasteiger partial charge is 0.263 e. The minimum Gasteiger partial charge on any atom is -0.867 e. The molecule has 0 aliphatic heterocycles. The molecule has 4 rings (SSSR count). The molecule has 3 aromatic carbocycles. The Morgan fingerprint density at radius 3 is 2.72 bits per heavy atom. The number of hydrogen-bond acceptors (Lipinski definition) is 6. The number of nitro benzene ring substituents is 1. The van der Waals surface area contributed by atoms with Gasteiger partial charge in [-0.2, -0.15) is 0 Å². The van der Waals surface area contributed by atoms with Crippen molar-refractivity contribution in [1.29, 1.82) is 0 Å². The van der Waals surface area contributed by atoms with E-state index >= 15 is 0 Å². The lowest BCUT2D eigenvalue weighted by Crippen LogP contribution is -2.02. The number of oxazole rings is 1. The van der Waals surface area contributed by atoms with Crippen molar-refractivity contribution in [3.8, 4) is 17.2 Å². The zero-order valence-corrected chi connectivity index (χ0v) is 15.9. The van der Waals surface area contributed by atoms with E-state index in [1.807, 2.05) is 37.3 Å². The van der Waals surface area contributed by atoms with Crippen LogP contribution in [0.25, 0.3) is 22.6 Å². The van der Waals surface area contributed by atoms with Gasteiger partial charge in [-0.3, -0.25) is 15.1 Å². The van der Waals surface area contributed by atoms with Gasteiger partial charge in [0.1, 0.15) is 5.52 Å². The summed E-state index contributed by atoms with van der Waals surface area (Å²) in [5.41, 5.74) is 3.00. The zero-order chi connectivity index (χ0) is 20.5. The molecular weight excluding hydrogens is 394 g/mol. The van der Waals surface area contributed by atoms with Crippen LogP contribution in [-0.4, -0.2) is 16.1 Å². The second-order valence-corrected chi connectivity index (χ2v) is 6.73. The van der Waals surface area contributed by atoms with E-state index in [2.05, 4.69) is 9.98 Å². The largest absolute Gasteiger partial charge is 0.867 e. The van der Waals surface area contributed by atoms with Gasteiger partial charge in [0.25, 0.3) is 5.69 Å². The molecule has 0 atom stereocenters. The fraction of sp³-hybridized carbons (Fsp3) is 0.0476. The maximum absolute atomic E-state index is 12.2. The van der Waals surface area contributed by atoms with Crippen molar-refractivity contribution in [2.24, 2.45) is 4.99 Å². The molecule has 0 N–H and O–H groups in total. The molecule has 1 aromatic heterocycles. The van der Waals surface area contributed by atoms with E-state index in [-0.39, 0.29) is 10.6 Å². The number of benzene rings is 3. The van der Waals surface area contributed by atoms with Crippen LogP contribution in [0.15, 0.2) is 64.0 Å². The maximum atomic E-state index is 12.2. The summed E-state index contributed by atoms with van der Waals surface area (Å²) in [7, 11) is 0. The molecule has 8 heteroatoms. The number of nitrogens with zero attached hydrogens (tertiary/aromatic N) is 3. The first-order valence-electron chi connectivity index (χ1n) is 8.58. The SMILES string of the molecule is Cc1c(N=Cc2cc(Cl)cc([N+](=O)[O-])c2[O-])cccc1-c1nc2ccccc2o1. The number of aliphatic imine (C=N–C) groups is 1. The Balaban J connectivity index is 1.74. The van der Waals surface area contributed by atoms with Gasteiger partial charge in [-0.1, -0.05) is 29.8 Å². The third-order valence-corrected chi connectivity index (χ3v) is 4.65. The lowest BCUT2D eigenvalue weighted by atomic mass is 10.1. The van der Waals surface area contributed by atoms with E-state index in [4.69, 9.17) is 16.0 Å². The van der Waals surface area contributed by atoms with E-state index in [0.717, 1.165) is 22.7 Å². The molecule has 29 heavy (non-hydrogen) atoms. The fourth-order valence-electron chi connectivity index (χ4n) is 2.95. The summed E-state index contributed by atoms with van der Waals surface area (Å²) in [6.07, 6.45) is 1.28. The van der Waals surface area contributed by atoms with Crippen LogP contribution in [0.4, 0.5) is 11.4 Å². The molecule has 0 fully saturated rings. The molecule has 0 amide bonds. The van der Waals surface area contributed by atoms with E-state index in [9.17, 15) is 15.2 Å².